The maximum Gasteiger partial charge on any atom is 0.364 e. The van der Waals surface area contributed by atoms with E-state index in [-0.39, 0.29) is 6.61 Å². The van der Waals surface area contributed by atoms with Crippen molar-refractivity contribution in [3.8, 4) is 0 Å². The fourth-order valence-corrected chi connectivity index (χ4v) is 8.07. The zero-order valence-electron chi connectivity index (χ0n) is 36.0. The van der Waals surface area contributed by atoms with E-state index in [1.807, 2.05) is 0 Å². The summed E-state index contributed by atoms with van der Waals surface area (Å²) < 4.78 is 34.1. The van der Waals surface area contributed by atoms with Crippen molar-refractivity contribution in [1.29, 1.82) is 0 Å². The second-order valence-electron chi connectivity index (χ2n) is 16.5. The van der Waals surface area contributed by atoms with Gasteiger partial charge in [0, 0.05) is 33.3 Å². The van der Waals surface area contributed by atoms with E-state index in [2.05, 4.69) is 10.6 Å². The van der Waals surface area contributed by atoms with Crippen LogP contribution in [0.4, 0.5) is 0 Å². The normalized spacial score (nSPS) is 35.2. The molecule has 372 valence electrons. The number of aliphatic hydroxyl groups excluding tert-OH is 10. The summed E-state index contributed by atoms with van der Waals surface area (Å²) in [6.07, 6.45) is -19.9. The van der Waals surface area contributed by atoms with E-state index in [1.54, 1.807) is 0 Å². The van der Waals surface area contributed by atoms with E-state index in [9.17, 15) is 80.5 Å². The quantitative estimate of drug-likeness (QED) is 0.0342. The molecule has 3 fully saturated rings. The van der Waals surface area contributed by atoms with Crippen molar-refractivity contribution in [2.24, 2.45) is 5.73 Å². The minimum absolute atomic E-state index is 0.0435. The van der Waals surface area contributed by atoms with Gasteiger partial charge in [-0.2, -0.15) is 0 Å². The molecule has 0 unspecified atom stereocenters. The first-order valence-corrected chi connectivity index (χ1v) is 21.5. The summed E-state index contributed by atoms with van der Waals surface area (Å²) in [6, 6.07) is -3.40. The third kappa shape index (κ3) is 14.4. The molecular formula is C39H69N3O22. The lowest BCUT2D eigenvalue weighted by atomic mass is 9.87. The van der Waals surface area contributed by atoms with Crippen LogP contribution in [0.25, 0.3) is 0 Å². The second kappa shape index (κ2) is 25.9. The number of hydrogen-bond donors (Lipinski definition) is 15. The Morgan fingerprint density at radius 1 is 0.703 bits per heavy atom. The fraction of sp³-hybridized carbons (Fsp3) is 0.897. The summed E-state index contributed by atoms with van der Waals surface area (Å²) >= 11 is 0. The van der Waals surface area contributed by atoms with Crippen molar-refractivity contribution in [2.45, 2.75) is 188 Å². The molecule has 64 heavy (non-hydrogen) atoms. The Morgan fingerprint density at radius 3 is 1.66 bits per heavy atom. The first-order valence-electron chi connectivity index (χ1n) is 21.5. The van der Waals surface area contributed by atoms with E-state index in [0.29, 0.717) is 13.0 Å². The lowest BCUT2D eigenvalue weighted by molar-refractivity contribution is -0.374. The predicted octanol–water partition coefficient (Wildman–Crippen LogP) is -5.38. The van der Waals surface area contributed by atoms with Crippen molar-refractivity contribution in [3.05, 3.63) is 0 Å². The molecule has 0 aromatic rings. The first-order chi connectivity index (χ1) is 30.2. The first kappa shape index (κ1) is 55.5. The van der Waals surface area contributed by atoms with Gasteiger partial charge in [-0.25, -0.2) is 9.59 Å². The Labute approximate surface area is 369 Å². The topological polar surface area (TPSA) is 416 Å². The minimum atomic E-state index is -3.16. The van der Waals surface area contributed by atoms with E-state index in [0.717, 1.165) is 65.2 Å². The monoisotopic (exact) mass is 931 g/mol. The highest BCUT2D eigenvalue weighted by atomic mass is 16.8. The molecule has 2 amide bonds. The Bertz CT molecular complexity index is 1470. The summed E-state index contributed by atoms with van der Waals surface area (Å²) in [5.74, 6) is -12.0. The molecule has 16 N–H and O–H groups in total. The van der Waals surface area contributed by atoms with Crippen LogP contribution in [0, 0.1) is 0 Å². The maximum absolute atomic E-state index is 13.1. The molecule has 17 atom stereocenters. The zero-order valence-corrected chi connectivity index (χ0v) is 36.0. The fourth-order valence-electron chi connectivity index (χ4n) is 8.07. The predicted molar refractivity (Wildman–Crippen MR) is 213 cm³/mol. The highest BCUT2D eigenvalue weighted by Gasteiger charge is 2.61. The van der Waals surface area contributed by atoms with Crippen LogP contribution < -0.4 is 16.4 Å². The van der Waals surface area contributed by atoms with Gasteiger partial charge in [-0.3, -0.25) is 9.59 Å². The van der Waals surface area contributed by atoms with Crippen LogP contribution in [0.15, 0.2) is 0 Å². The molecule has 3 rings (SSSR count). The molecule has 25 heteroatoms. The van der Waals surface area contributed by atoms with E-state index in [4.69, 9.17) is 34.2 Å². The van der Waals surface area contributed by atoms with Crippen molar-refractivity contribution >= 4 is 23.8 Å². The number of hydrogen-bond acceptors (Lipinski definition) is 21. The molecule has 3 aliphatic heterocycles. The average molecular weight is 932 g/mol. The van der Waals surface area contributed by atoms with Crippen molar-refractivity contribution in [2.75, 3.05) is 33.0 Å². The van der Waals surface area contributed by atoms with Crippen LogP contribution in [0.2, 0.25) is 0 Å². The summed E-state index contributed by atoms with van der Waals surface area (Å²) in [5, 5.41) is 133. The van der Waals surface area contributed by atoms with Crippen molar-refractivity contribution < 1.29 is 109 Å². The highest BCUT2D eigenvalue weighted by Crippen LogP contribution is 2.40. The number of unbranched alkanes of at least 4 members (excludes halogenated alkanes) is 8. The van der Waals surface area contributed by atoms with E-state index >= 15 is 0 Å². The minimum Gasteiger partial charge on any atom is -0.477 e. The summed E-state index contributed by atoms with van der Waals surface area (Å²) in [7, 11) is 0. The third-order valence-electron chi connectivity index (χ3n) is 11.5. The number of carboxylic acids is 2. The molecule has 0 saturated carbocycles. The molecule has 25 nitrogen and oxygen atoms in total. The Morgan fingerprint density at radius 2 is 1.19 bits per heavy atom. The Hall–Kier alpha value is -2.80. The largest absolute Gasteiger partial charge is 0.477 e. The van der Waals surface area contributed by atoms with Crippen LogP contribution in [-0.4, -0.2) is 221 Å². The lowest BCUT2D eigenvalue weighted by Gasteiger charge is -2.51. The van der Waals surface area contributed by atoms with Gasteiger partial charge < -0.3 is 106 Å². The maximum atomic E-state index is 13.1. The number of nitrogens with two attached hydrogens (primary N) is 1. The molecule has 0 bridgehead atoms. The molecule has 0 spiro atoms. The zero-order chi connectivity index (χ0) is 47.9. The SMILES string of the molecule is CC(=O)N[C@H]1[C@H]([C@H](O)[C@H](O)CO)O[C@@](O[C@H](CO)[C@@H](O)[C@@H]2O[C@@](O[C@H]3[C@@H](O)[C@@H](CO)O[C@@H](OCCCCCCCCCCCN)[C@@H]3O)(C(=O)O)C[C@H](O)[C@H]2NC(C)=O)(C(=O)O)C[C@@H]1O. The summed E-state index contributed by atoms with van der Waals surface area (Å²) in [6.45, 7) is -0.624. The Kier molecular flexibility index (Phi) is 22.5. The van der Waals surface area contributed by atoms with Gasteiger partial charge in [-0.15, -0.1) is 0 Å². The molecule has 0 aliphatic carbocycles. The number of amides is 2. The van der Waals surface area contributed by atoms with Crippen LogP contribution in [-0.2, 0) is 47.6 Å². The van der Waals surface area contributed by atoms with Gasteiger partial charge in [0.1, 0.15) is 61.0 Å². The van der Waals surface area contributed by atoms with Gasteiger partial charge >= 0.3 is 11.9 Å². The molecule has 3 saturated heterocycles. The highest BCUT2D eigenvalue weighted by molar-refractivity contribution is 5.77. The Balaban J connectivity index is 1.90. The van der Waals surface area contributed by atoms with Crippen LogP contribution >= 0.6 is 0 Å². The molecular weight excluding hydrogens is 862 g/mol. The van der Waals surface area contributed by atoms with Crippen LogP contribution in [0.1, 0.15) is 84.5 Å². The number of aliphatic carboxylic acids is 2. The van der Waals surface area contributed by atoms with Gasteiger partial charge in [0.2, 0.25) is 11.8 Å². The third-order valence-corrected chi connectivity index (χ3v) is 11.5. The molecule has 0 aromatic heterocycles. The molecule has 3 heterocycles. The number of carboxylic acid groups (broad SMARTS) is 2. The second-order valence-corrected chi connectivity index (χ2v) is 16.5. The molecule has 0 aromatic carbocycles. The smallest absolute Gasteiger partial charge is 0.364 e. The lowest BCUT2D eigenvalue weighted by Crippen LogP contribution is -2.71. The number of carbonyl (C=O) groups is 4. The number of aliphatic hydroxyl groups is 10. The van der Waals surface area contributed by atoms with E-state index in [1.165, 1.54) is 0 Å². The van der Waals surface area contributed by atoms with Crippen LogP contribution in [0.3, 0.4) is 0 Å². The van der Waals surface area contributed by atoms with Gasteiger partial charge in [0.05, 0.1) is 44.1 Å². The van der Waals surface area contributed by atoms with Gasteiger partial charge in [0.25, 0.3) is 11.6 Å². The van der Waals surface area contributed by atoms with Crippen LogP contribution in [0.5, 0.6) is 0 Å². The molecule has 3 aliphatic rings. The van der Waals surface area contributed by atoms with Gasteiger partial charge in [-0.05, 0) is 19.4 Å². The average Bonchev–Trinajstić information content (AvgIpc) is 3.24. The number of ether oxygens (including phenoxy) is 6. The number of nitrogens with one attached hydrogen (secondary N) is 2. The van der Waals surface area contributed by atoms with Crippen molar-refractivity contribution in [3.63, 3.8) is 0 Å². The van der Waals surface area contributed by atoms with E-state index < -0.39 is 160 Å². The number of carbonyl (C=O) groups excluding carboxylic acids is 2. The number of rotatable bonds is 27. The molecule has 0 radical (unpaired) electrons. The summed E-state index contributed by atoms with van der Waals surface area (Å²) in [4.78, 5) is 50.3. The van der Waals surface area contributed by atoms with Gasteiger partial charge in [-0.1, -0.05) is 44.9 Å². The summed E-state index contributed by atoms with van der Waals surface area (Å²) in [5.41, 5.74) is 5.53. The standard InChI is InChI=1S/C39H69N3O22/c1-19(46)41-26-21(48)14-38(36(55)56,62-32(26)28(51)23(50)16-43)61-25(18-45)30(53)33-27(42-20(2)47)22(49)15-39(63-33,37(57)58)64-34-29(52)24(17-44)60-35(31(34)54)59-13-11-9-7-5-3-4-6-8-10-12-40/h21-35,43-45,48-54H,3-18,40H2,1-2H3,(H,41,46)(H,42,47)(H,55,56)(H,57,58)/t21-,22-,23+,24+,25+,26+,27+,28+,29-,30+,31+,32+,33+,34-,35+,38+,39-/m0/s1. The van der Waals surface area contributed by atoms with Crippen molar-refractivity contribution in [1.82, 2.24) is 10.6 Å². The van der Waals surface area contributed by atoms with Gasteiger partial charge in [0.15, 0.2) is 6.29 Å².